The number of rotatable bonds is 12. The SMILES string of the molecule is CCCCCCCCC(/C=C/c1ccccc1)CC(=O)OCC. The minimum atomic E-state index is -0.0822. The Balaban J connectivity index is 2.45. The Hall–Kier alpha value is -1.57. The average Bonchev–Trinajstić information content (AvgIpc) is 2.56. The van der Waals surface area contributed by atoms with Crippen LogP contribution in [-0.2, 0) is 9.53 Å². The number of allylic oxidation sites excluding steroid dienone is 1. The maximum Gasteiger partial charge on any atom is 0.306 e. The van der Waals surface area contributed by atoms with Gasteiger partial charge in [0.15, 0.2) is 0 Å². The summed E-state index contributed by atoms with van der Waals surface area (Å²) in [5, 5.41) is 0. The molecule has 0 radical (unpaired) electrons. The van der Waals surface area contributed by atoms with Crippen LogP contribution in [0.1, 0.15) is 70.8 Å². The normalized spacial score (nSPS) is 12.4. The van der Waals surface area contributed by atoms with Gasteiger partial charge in [0.25, 0.3) is 0 Å². The summed E-state index contributed by atoms with van der Waals surface area (Å²) in [6.45, 7) is 4.56. The third-order valence-electron chi connectivity index (χ3n) is 4.02. The lowest BCUT2D eigenvalue weighted by Crippen LogP contribution is -2.10. The van der Waals surface area contributed by atoms with E-state index in [1.54, 1.807) is 0 Å². The predicted molar refractivity (Wildman–Crippen MR) is 98.2 cm³/mol. The maximum absolute atomic E-state index is 11.8. The van der Waals surface area contributed by atoms with Gasteiger partial charge < -0.3 is 4.74 Å². The zero-order valence-electron chi connectivity index (χ0n) is 14.8. The largest absolute Gasteiger partial charge is 0.466 e. The first-order chi connectivity index (χ1) is 11.3. The monoisotopic (exact) mass is 316 g/mol. The molecule has 2 nitrogen and oxygen atoms in total. The van der Waals surface area contributed by atoms with Crippen LogP contribution in [0, 0.1) is 5.92 Å². The second kappa shape index (κ2) is 12.9. The molecule has 0 aliphatic carbocycles. The molecule has 1 rings (SSSR count). The van der Waals surface area contributed by atoms with Crippen molar-refractivity contribution in [2.45, 2.75) is 65.2 Å². The van der Waals surface area contributed by atoms with Gasteiger partial charge in [-0.15, -0.1) is 0 Å². The molecular formula is C21H32O2. The summed E-state index contributed by atoms with van der Waals surface area (Å²) in [5.41, 5.74) is 1.18. The van der Waals surface area contributed by atoms with Crippen LogP contribution in [0.3, 0.4) is 0 Å². The molecule has 1 aromatic carbocycles. The van der Waals surface area contributed by atoms with Crippen molar-refractivity contribution >= 4 is 12.0 Å². The van der Waals surface area contributed by atoms with Gasteiger partial charge in [0.05, 0.1) is 13.0 Å². The van der Waals surface area contributed by atoms with Crippen LogP contribution in [0.5, 0.6) is 0 Å². The van der Waals surface area contributed by atoms with Gasteiger partial charge in [-0.25, -0.2) is 0 Å². The summed E-state index contributed by atoms with van der Waals surface area (Å²) in [6, 6.07) is 10.3. The molecule has 0 saturated carbocycles. The van der Waals surface area contributed by atoms with Gasteiger partial charge in [-0.2, -0.15) is 0 Å². The molecule has 0 amide bonds. The second-order valence-corrected chi connectivity index (χ2v) is 6.10. The van der Waals surface area contributed by atoms with Crippen molar-refractivity contribution in [3.8, 4) is 0 Å². The molecule has 1 atom stereocenters. The van der Waals surface area contributed by atoms with Crippen molar-refractivity contribution in [2.24, 2.45) is 5.92 Å². The highest BCUT2D eigenvalue weighted by molar-refractivity contribution is 5.70. The van der Waals surface area contributed by atoms with E-state index in [1.165, 1.54) is 44.1 Å². The fraction of sp³-hybridized carbons (Fsp3) is 0.571. The third kappa shape index (κ3) is 9.93. The molecule has 1 aromatic rings. The van der Waals surface area contributed by atoms with E-state index < -0.39 is 0 Å². The van der Waals surface area contributed by atoms with Crippen molar-refractivity contribution in [1.29, 1.82) is 0 Å². The van der Waals surface area contributed by atoms with Crippen molar-refractivity contribution in [1.82, 2.24) is 0 Å². The molecule has 0 spiro atoms. The summed E-state index contributed by atoms with van der Waals surface area (Å²) in [7, 11) is 0. The lowest BCUT2D eigenvalue weighted by molar-refractivity contribution is -0.143. The summed E-state index contributed by atoms with van der Waals surface area (Å²) < 4.78 is 5.11. The van der Waals surface area contributed by atoms with Crippen LogP contribution in [0.25, 0.3) is 6.08 Å². The van der Waals surface area contributed by atoms with Gasteiger partial charge in [0, 0.05) is 0 Å². The van der Waals surface area contributed by atoms with Crippen molar-refractivity contribution in [2.75, 3.05) is 6.61 Å². The summed E-state index contributed by atoms with van der Waals surface area (Å²) in [5.74, 6) is 0.196. The van der Waals surface area contributed by atoms with Crippen molar-refractivity contribution in [3.63, 3.8) is 0 Å². The Morgan fingerprint density at radius 1 is 1.04 bits per heavy atom. The topological polar surface area (TPSA) is 26.3 Å². The van der Waals surface area contributed by atoms with Crippen LogP contribution in [-0.4, -0.2) is 12.6 Å². The van der Waals surface area contributed by atoms with Crippen molar-refractivity contribution < 1.29 is 9.53 Å². The molecule has 0 aliphatic heterocycles. The van der Waals surface area contributed by atoms with Gasteiger partial charge in [0.2, 0.25) is 0 Å². The molecule has 0 bridgehead atoms. The van der Waals surface area contributed by atoms with Crippen LogP contribution < -0.4 is 0 Å². The molecule has 2 heteroatoms. The number of hydrogen-bond donors (Lipinski definition) is 0. The highest BCUT2D eigenvalue weighted by Crippen LogP contribution is 2.19. The Morgan fingerprint density at radius 3 is 2.43 bits per heavy atom. The van der Waals surface area contributed by atoms with Gasteiger partial charge >= 0.3 is 5.97 Å². The number of unbranched alkanes of at least 4 members (excludes halogenated alkanes) is 5. The van der Waals surface area contributed by atoms with E-state index in [-0.39, 0.29) is 11.9 Å². The van der Waals surface area contributed by atoms with E-state index in [1.807, 2.05) is 25.1 Å². The fourth-order valence-electron chi connectivity index (χ4n) is 2.70. The standard InChI is InChI=1S/C21H32O2/c1-3-5-6-7-8-10-15-20(18-21(22)23-4-2)17-16-19-13-11-9-12-14-19/h9,11-14,16-17,20H,3-8,10,15,18H2,1-2H3/b17-16+. The number of esters is 1. The first-order valence-electron chi connectivity index (χ1n) is 9.15. The molecule has 0 N–H and O–H groups in total. The van der Waals surface area contributed by atoms with Crippen LogP contribution in [0.4, 0.5) is 0 Å². The van der Waals surface area contributed by atoms with Crippen LogP contribution in [0.2, 0.25) is 0 Å². The Morgan fingerprint density at radius 2 is 1.74 bits per heavy atom. The first kappa shape index (κ1) is 19.5. The first-order valence-corrected chi connectivity index (χ1v) is 9.15. The van der Waals surface area contributed by atoms with Gasteiger partial charge in [-0.1, -0.05) is 87.9 Å². The molecule has 0 aliphatic rings. The van der Waals surface area contributed by atoms with E-state index in [2.05, 4.69) is 31.2 Å². The number of hydrogen-bond acceptors (Lipinski definition) is 2. The molecule has 128 valence electrons. The highest BCUT2D eigenvalue weighted by atomic mass is 16.5. The second-order valence-electron chi connectivity index (χ2n) is 6.10. The molecule has 23 heavy (non-hydrogen) atoms. The van der Waals surface area contributed by atoms with Gasteiger partial charge in [0.1, 0.15) is 0 Å². The number of benzene rings is 1. The van der Waals surface area contributed by atoms with E-state index in [9.17, 15) is 4.79 Å². The van der Waals surface area contributed by atoms with Crippen LogP contribution in [0.15, 0.2) is 36.4 Å². The Kier molecular flexibility index (Phi) is 10.9. The quantitative estimate of drug-likeness (QED) is 0.348. The number of ether oxygens (including phenoxy) is 1. The maximum atomic E-state index is 11.8. The molecule has 0 aromatic heterocycles. The summed E-state index contributed by atoms with van der Waals surface area (Å²) in [4.78, 5) is 11.8. The average molecular weight is 316 g/mol. The molecule has 0 saturated heterocycles. The minimum Gasteiger partial charge on any atom is -0.466 e. The molecule has 0 fully saturated rings. The fourth-order valence-corrected chi connectivity index (χ4v) is 2.70. The molecule has 1 unspecified atom stereocenters. The van der Waals surface area contributed by atoms with E-state index in [0.717, 1.165) is 6.42 Å². The minimum absolute atomic E-state index is 0.0822. The summed E-state index contributed by atoms with van der Waals surface area (Å²) >= 11 is 0. The number of carbonyl (C=O) groups excluding carboxylic acids is 1. The van der Waals surface area contributed by atoms with Gasteiger partial charge in [-0.3, -0.25) is 4.79 Å². The Labute approximate surface area is 141 Å². The Bertz CT molecular complexity index is 436. The lowest BCUT2D eigenvalue weighted by atomic mass is 9.96. The van der Waals surface area contributed by atoms with E-state index in [4.69, 9.17) is 4.74 Å². The van der Waals surface area contributed by atoms with E-state index >= 15 is 0 Å². The molecular weight excluding hydrogens is 284 g/mol. The highest BCUT2D eigenvalue weighted by Gasteiger charge is 2.11. The van der Waals surface area contributed by atoms with Crippen LogP contribution >= 0.6 is 0 Å². The third-order valence-corrected chi connectivity index (χ3v) is 4.02. The van der Waals surface area contributed by atoms with Crippen molar-refractivity contribution in [3.05, 3.63) is 42.0 Å². The predicted octanol–water partition coefficient (Wildman–Crippen LogP) is 6.02. The van der Waals surface area contributed by atoms with E-state index in [0.29, 0.717) is 13.0 Å². The summed E-state index contributed by atoms with van der Waals surface area (Å²) in [6.07, 6.45) is 13.6. The molecule has 0 heterocycles. The zero-order valence-corrected chi connectivity index (χ0v) is 14.8. The lowest BCUT2D eigenvalue weighted by Gasteiger charge is -2.12. The zero-order chi connectivity index (χ0) is 16.8. The number of carbonyl (C=O) groups is 1. The smallest absolute Gasteiger partial charge is 0.306 e. The van der Waals surface area contributed by atoms with Gasteiger partial charge in [-0.05, 0) is 24.8 Å².